The van der Waals surface area contributed by atoms with Crippen molar-refractivity contribution in [1.82, 2.24) is 19.9 Å². The number of anilines is 1. The number of rotatable bonds is 25. The molecule has 1 saturated carbocycles. The average molecular weight is 735 g/mol. The number of ketones is 3. The summed E-state index contributed by atoms with van der Waals surface area (Å²) in [6, 6.07) is 7.47. The molecule has 2 aromatic rings. The van der Waals surface area contributed by atoms with Crippen LogP contribution in [0.1, 0.15) is 81.9 Å². The largest absolute Gasteiger partial charge is 0.380 e. The summed E-state index contributed by atoms with van der Waals surface area (Å²) >= 11 is 0. The number of carbonyl (C=O) groups is 6. The molecule has 1 aliphatic carbocycles. The number of hydrogen-bond donors (Lipinski definition) is 2. The molecule has 53 heavy (non-hydrogen) atoms. The van der Waals surface area contributed by atoms with Crippen molar-refractivity contribution in [3.05, 3.63) is 53.9 Å². The Balaban J connectivity index is 1.02. The molecule has 2 aliphatic rings. The topological polar surface area (TPSA) is 193 Å². The monoisotopic (exact) mass is 734 g/mol. The first-order valence-electron chi connectivity index (χ1n) is 18.8. The number of carbonyl (C=O) groups excluding carboxylic acids is 6. The van der Waals surface area contributed by atoms with Crippen molar-refractivity contribution >= 4 is 40.8 Å². The summed E-state index contributed by atoms with van der Waals surface area (Å²) in [7, 11) is 0. The van der Waals surface area contributed by atoms with E-state index in [-0.39, 0.29) is 73.0 Å². The van der Waals surface area contributed by atoms with Gasteiger partial charge >= 0.3 is 0 Å². The Hall–Kier alpha value is -4.40. The third-order valence-corrected chi connectivity index (χ3v) is 9.76. The SMILES string of the molecule is Cc1ccc(NC(=O)C(CCCCN)CC(=O)COCC(=O)CCCOCCn2cc(CCC(=O)C3CCC(CN4C(=O)C=CC4=O)CC3)nn2)cc1. The van der Waals surface area contributed by atoms with Gasteiger partial charge in [0.05, 0.1) is 18.8 Å². The van der Waals surface area contributed by atoms with Crippen LogP contribution in [0, 0.1) is 24.7 Å². The molecule has 288 valence electrons. The van der Waals surface area contributed by atoms with Crippen LogP contribution in [0.25, 0.3) is 0 Å². The first-order valence-corrected chi connectivity index (χ1v) is 18.8. The maximum Gasteiger partial charge on any atom is 0.253 e. The van der Waals surface area contributed by atoms with Gasteiger partial charge in [0.1, 0.15) is 19.0 Å². The number of amides is 3. The third-order valence-electron chi connectivity index (χ3n) is 9.76. The molecule has 0 bridgehead atoms. The summed E-state index contributed by atoms with van der Waals surface area (Å²) in [6.45, 7) is 3.76. The fourth-order valence-corrected chi connectivity index (χ4v) is 6.61. The Morgan fingerprint density at radius 3 is 2.34 bits per heavy atom. The lowest BCUT2D eigenvalue weighted by molar-refractivity contribution is -0.138. The number of hydrogen-bond acceptors (Lipinski definition) is 11. The van der Waals surface area contributed by atoms with Crippen LogP contribution in [-0.4, -0.2) is 94.5 Å². The van der Waals surface area contributed by atoms with Gasteiger partial charge in [0.25, 0.3) is 11.8 Å². The summed E-state index contributed by atoms with van der Waals surface area (Å²) < 4.78 is 12.7. The number of imide groups is 1. The number of Topliss-reactive ketones (excluding diaryl/α,β-unsaturated/α-hetero) is 3. The van der Waals surface area contributed by atoms with E-state index in [2.05, 4.69) is 15.6 Å². The van der Waals surface area contributed by atoms with E-state index in [1.54, 1.807) is 4.68 Å². The highest BCUT2D eigenvalue weighted by Crippen LogP contribution is 2.31. The molecule has 1 aromatic heterocycles. The van der Waals surface area contributed by atoms with E-state index in [0.717, 1.165) is 49.8 Å². The Kier molecular flexibility index (Phi) is 17.1. The Morgan fingerprint density at radius 1 is 0.906 bits per heavy atom. The molecular weight excluding hydrogens is 680 g/mol. The zero-order valence-electron chi connectivity index (χ0n) is 30.8. The Labute approximate surface area is 311 Å². The van der Waals surface area contributed by atoms with E-state index in [9.17, 15) is 28.8 Å². The van der Waals surface area contributed by atoms with Gasteiger partial charge in [-0.1, -0.05) is 29.3 Å². The van der Waals surface area contributed by atoms with Gasteiger partial charge in [-0.15, -0.1) is 5.10 Å². The lowest BCUT2D eigenvalue weighted by Gasteiger charge is -2.29. The lowest BCUT2D eigenvalue weighted by Crippen LogP contribution is -2.36. The van der Waals surface area contributed by atoms with E-state index in [0.29, 0.717) is 64.2 Å². The summed E-state index contributed by atoms with van der Waals surface area (Å²) in [5.41, 5.74) is 8.11. The standard InChI is InChI=1S/C39H54N6O8/c1-28-7-13-32(14-8-28)41-39(51)31(5-2-3-19-40)23-35(47)27-53-26-34(46)6-4-21-52-22-20-44-25-33(42-43-44)15-16-36(48)30-11-9-29(10-12-30)24-45-37(49)17-18-38(45)50/h7-8,13-14,17-18,25,29-31H,2-6,9-12,15-16,19-24,26-27,40H2,1H3,(H,41,51). The number of aromatic nitrogens is 3. The second kappa shape index (κ2) is 22.0. The Bertz CT molecular complexity index is 1550. The van der Waals surface area contributed by atoms with Crippen molar-refractivity contribution in [3.8, 4) is 0 Å². The molecule has 0 saturated heterocycles. The second-order valence-corrected chi connectivity index (χ2v) is 14.1. The van der Waals surface area contributed by atoms with Crippen LogP contribution >= 0.6 is 0 Å². The van der Waals surface area contributed by atoms with Crippen LogP contribution in [0.15, 0.2) is 42.6 Å². The van der Waals surface area contributed by atoms with Crippen LogP contribution in [0.5, 0.6) is 0 Å². The van der Waals surface area contributed by atoms with Crippen LogP contribution in [0.2, 0.25) is 0 Å². The Morgan fingerprint density at radius 2 is 1.62 bits per heavy atom. The highest BCUT2D eigenvalue weighted by Gasteiger charge is 2.31. The molecule has 0 spiro atoms. The number of aryl methyl sites for hydroxylation is 2. The molecule has 14 nitrogen and oxygen atoms in total. The zero-order valence-corrected chi connectivity index (χ0v) is 30.8. The maximum atomic E-state index is 12.9. The van der Waals surface area contributed by atoms with Crippen LogP contribution in [0.3, 0.4) is 0 Å². The molecule has 2 heterocycles. The molecule has 0 radical (unpaired) electrons. The quantitative estimate of drug-likeness (QED) is 0.112. The van der Waals surface area contributed by atoms with E-state index < -0.39 is 5.92 Å². The molecular formula is C39H54N6O8. The molecule has 14 heteroatoms. The van der Waals surface area contributed by atoms with E-state index in [1.807, 2.05) is 37.4 Å². The minimum atomic E-state index is -0.504. The average Bonchev–Trinajstić information content (AvgIpc) is 3.74. The van der Waals surface area contributed by atoms with Gasteiger partial charge < -0.3 is 20.5 Å². The van der Waals surface area contributed by atoms with Gasteiger partial charge in [-0.05, 0) is 76.5 Å². The minimum absolute atomic E-state index is 0.00207. The number of ether oxygens (including phenoxy) is 2. The van der Waals surface area contributed by atoms with Crippen molar-refractivity contribution in [2.75, 3.05) is 44.8 Å². The third kappa shape index (κ3) is 14.5. The number of benzene rings is 1. The fourth-order valence-electron chi connectivity index (χ4n) is 6.61. The maximum absolute atomic E-state index is 12.9. The van der Waals surface area contributed by atoms with Gasteiger partial charge in [0, 0.05) is 74.7 Å². The van der Waals surface area contributed by atoms with E-state index >= 15 is 0 Å². The first kappa shape index (κ1) is 41.4. The van der Waals surface area contributed by atoms with Crippen molar-refractivity contribution in [3.63, 3.8) is 0 Å². The van der Waals surface area contributed by atoms with Crippen molar-refractivity contribution in [2.24, 2.45) is 23.5 Å². The van der Waals surface area contributed by atoms with Crippen molar-refractivity contribution in [1.29, 1.82) is 0 Å². The van der Waals surface area contributed by atoms with Crippen molar-refractivity contribution < 1.29 is 38.2 Å². The predicted molar refractivity (Wildman–Crippen MR) is 196 cm³/mol. The van der Waals surface area contributed by atoms with Gasteiger partial charge in [-0.3, -0.25) is 33.7 Å². The summed E-state index contributed by atoms with van der Waals surface area (Å²) in [4.78, 5) is 75.6. The van der Waals surface area contributed by atoms with Gasteiger partial charge in [-0.2, -0.15) is 0 Å². The number of nitrogens with two attached hydrogens (primary N) is 1. The summed E-state index contributed by atoms with van der Waals surface area (Å²) in [5, 5.41) is 11.2. The molecule has 1 unspecified atom stereocenters. The number of nitrogens with one attached hydrogen (secondary N) is 1. The van der Waals surface area contributed by atoms with E-state index in [1.165, 1.54) is 17.1 Å². The van der Waals surface area contributed by atoms with Crippen LogP contribution in [0.4, 0.5) is 5.69 Å². The number of unbranched alkanes of at least 4 members (excludes halogenated alkanes) is 1. The van der Waals surface area contributed by atoms with Gasteiger partial charge in [0.2, 0.25) is 5.91 Å². The molecule has 1 aromatic carbocycles. The second-order valence-electron chi connectivity index (χ2n) is 14.1. The normalized spacial score (nSPS) is 17.7. The lowest BCUT2D eigenvalue weighted by atomic mass is 9.79. The molecule has 3 N–H and O–H groups in total. The predicted octanol–water partition coefficient (Wildman–Crippen LogP) is 3.55. The van der Waals surface area contributed by atoms with Gasteiger partial charge in [-0.25, -0.2) is 4.68 Å². The van der Waals surface area contributed by atoms with Crippen LogP contribution < -0.4 is 11.1 Å². The summed E-state index contributed by atoms with van der Waals surface area (Å²) in [5.74, 6) is -1.15. The smallest absolute Gasteiger partial charge is 0.253 e. The molecule has 1 aliphatic heterocycles. The fraction of sp³-hybridized carbons (Fsp3) is 0.590. The molecule has 1 atom stereocenters. The molecule has 1 fully saturated rings. The molecule has 3 amide bonds. The zero-order chi connectivity index (χ0) is 38.0. The number of nitrogens with zero attached hydrogens (tertiary/aromatic N) is 4. The van der Waals surface area contributed by atoms with E-state index in [4.69, 9.17) is 15.2 Å². The van der Waals surface area contributed by atoms with Crippen LogP contribution in [-0.2, 0) is 51.2 Å². The minimum Gasteiger partial charge on any atom is -0.380 e. The summed E-state index contributed by atoms with van der Waals surface area (Å²) in [6.07, 6.45) is 11.3. The highest BCUT2D eigenvalue weighted by molar-refractivity contribution is 6.12. The first-order chi connectivity index (χ1) is 25.6. The molecule has 4 rings (SSSR count). The highest BCUT2D eigenvalue weighted by atomic mass is 16.5. The van der Waals surface area contributed by atoms with Gasteiger partial charge in [0.15, 0.2) is 11.6 Å². The van der Waals surface area contributed by atoms with Crippen molar-refractivity contribution in [2.45, 2.75) is 90.5 Å².